The van der Waals surface area contributed by atoms with E-state index in [0.717, 1.165) is 68.4 Å². The summed E-state index contributed by atoms with van der Waals surface area (Å²) in [5, 5.41) is 52.4. The number of allylic oxidation sites excluding steroid dienone is 1. The number of aliphatic carboxylic acids is 1. The number of hydroxylamine groups is 2. The predicted octanol–water partition coefficient (Wildman–Crippen LogP) is 4.30. The van der Waals surface area contributed by atoms with Crippen LogP contribution in [-0.4, -0.2) is 99.5 Å². The van der Waals surface area contributed by atoms with Crippen molar-refractivity contribution < 1.29 is 49.4 Å². The molecule has 5 aliphatic carbocycles. The SMILES string of the molecule is C=C(C)C1CCC2(C(=O)O)CCC3(C)C(CCC4C5(C)CCC(OC(=O)CN(OC)C6OC(CO)C(O)C(O)C6O)C(C)(C)C5CCC43C)C12. The van der Waals surface area contributed by atoms with E-state index in [2.05, 4.69) is 48.1 Å². The number of carbonyl (C=O) groups excluding carboxylic acids is 1. The van der Waals surface area contributed by atoms with Gasteiger partial charge in [0, 0.05) is 5.41 Å². The number of esters is 1. The maximum absolute atomic E-state index is 13.5. The summed E-state index contributed by atoms with van der Waals surface area (Å²) in [6.45, 7) is 17.5. The van der Waals surface area contributed by atoms with Gasteiger partial charge in [0.15, 0.2) is 6.23 Å². The Morgan fingerprint density at radius 1 is 0.860 bits per heavy atom. The van der Waals surface area contributed by atoms with Crippen LogP contribution in [0.2, 0.25) is 0 Å². The first-order valence-electron chi connectivity index (χ1n) is 19.0. The molecule has 50 heavy (non-hydrogen) atoms. The monoisotopic (exact) mass is 705 g/mol. The highest BCUT2D eigenvalue weighted by Crippen LogP contribution is 2.77. The van der Waals surface area contributed by atoms with Crippen molar-refractivity contribution in [2.24, 2.45) is 56.7 Å². The first-order valence-corrected chi connectivity index (χ1v) is 19.0. The topological polar surface area (TPSA) is 166 Å². The second kappa shape index (κ2) is 13.1. The van der Waals surface area contributed by atoms with E-state index < -0.39 is 54.6 Å². The van der Waals surface area contributed by atoms with Gasteiger partial charge in [-0.3, -0.25) is 14.4 Å². The molecule has 1 aliphatic heterocycles. The van der Waals surface area contributed by atoms with Gasteiger partial charge in [-0.05, 0) is 117 Å². The molecule has 0 radical (unpaired) electrons. The largest absolute Gasteiger partial charge is 0.481 e. The van der Waals surface area contributed by atoms with Crippen molar-refractivity contribution in [3.8, 4) is 0 Å². The second-order valence-electron chi connectivity index (χ2n) is 18.5. The lowest BCUT2D eigenvalue weighted by Gasteiger charge is -2.72. The Labute approximate surface area is 297 Å². The minimum Gasteiger partial charge on any atom is -0.481 e. The average Bonchev–Trinajstić information content (AvgIpc) is 3.46. The zero-order valence-electron chi connectivity index (χ0n) is 31.3. The highest BCUT2D eigenvalue weighted by Gasteiger charge is 2.72. The van der Waals surface area contributed by atoms with E-state index in [-0.39, 0.29) is 46.1 Å². The summed E-state index contributed by atoms with van der Waals surface area (Å²) < 4.78 is 11.8. The highest BCUT2D eigenvalue weighted by molar-refractivity contribution is 5.76. The number of carbonyl (C=O) groups is 2. The number of aliphatic hydroxyl groups is 4. The molecule has 0 aromatic carbocycles. The predicted molar refractivity (Wildman–Crippen MR) is 184 cm³/mol. The Bertz CT molecular complexity index is 1340. The lowest BCUT2D eigenvalue weighted by molar-refractivity contribution is -0.327. The minimum absolute atomic E-state index is 0.0348. The number of fused-ring (bicyclic) bond motifs is 7. The molecule has 0 amide bonds. The van der Waals surface area contributed by atoms with Crippen LogP contribution in [0.3, 0.4) is 0 Å². The molecule has 1 heterocycles. The molecule has 15 unspecified atom stereocenters. The third-order valence-electron chi connectivity index (χ3n) is 16.4. The lowest BCUT2D eigenvalue weighted by atomic mass is 9.32. The van der Waals surface area contributed by atoms with E-state index in [1.807, 2.05) is 0 Å². The molecule has 6 rings (SSSR count). The molecular weight excluding hydrogens is 642 g/mol. The van der Waals surface area contributed by atoms with Crippen LogP contribution in [0.5, 0.6) is 0 Å². The number of carboxylic acid groups (broad SMARTS) is 1. The summed E-state index contributed by atoms with van der Waals surface area (Å²) in [6.07, 6.45) is 1.79. The molecule has 6 fully saturated rings. The van der Waals surface area contributed by atoms with Gasteiger partial charge in [-0.1, -0.05) is 46.8 Å². The maximum Gasteiger partial charge on any atom is 0.323 e. The summed E-state index contributed by atoms with van der Waals surface area (Å²) in [5.74, 6) is 0.404. The van der Waals surface area contributed by atoms with Crippen LogP contribution < -0.4 is 0 Å². The second-order valence-corrected chi connectivity index (χ2v) is 18.5. The molecule has 6 aliphatic rings. The standard InChI is InChI=1S/C39H63NO10/c1-21(2)22-11-16-39(34(46)47)18-17-37(6)23(29(22)39)9-10-26-36(5)14-13-27(35(3,4)25(36)12-15-38(26,37)7)50-28(42)19-40(48-8)33-32(45)31(44)30(43)24(20-41)49-33/h22-27,29-33,41,43-45H,1,9-20H2,2-8H3,(H,46,47). The molecule has 1 saturated heterocycles. The van der Waals surface area contributed by atoms with Crippen LogP contribution in [0.25, 0.3) is 0 Å². The summed E-state index contributed by atoms with van der Waals surface area (Å²) >= 11 is 0. The third kappa shape index (κ3) is 5.37. The molecule has 0 spiro atoms. The van der Waals surface area contributed by atoms with Crippen LogP contribution in [0.4, 0.5) is 0 Å². The third-order valence-corrected chi connectivity index (χ3v) is 16.4. The summed E-state index contributed by atoms with van der Waals surface area (Å²) in [4.78, 5) is 31.8. The molecule has 0 bridgehead atoms. The summed E-state index contributed by atoms with van der Waals surface area (Å²) in [7, 11) is 1.32. The molecule has 15 atom stereocenters. The molecule has 284 valence electrons. The number of rotatable bonds is 8. The number of nitrogens with zero attached hydrogens (tertiary/aromatic N) is 1. The van der Waals surface area contributed by atoms with Crippen LogP contribution in [0, 0.1) is 56.7 Å². The number of aliphatic hydroxyl groups excluding tert-OH is 4. The minimum atomic E-state index is -1.59. The van der Waals surface area contributed by atoms with E-state index in [9.17, 15) is 35.1 Å². The van der Waals surface area contributed by atoms with E-state index in [0.29, 0.717) is 24.2 Å². The molecule has 11 heteroatoms. The van der Waals surface area contributed by atoms with Gasteiger partial charge in [0.05, 0.1) is 19.1 Å². The fraction of sp³-hybridized carbons (Fsp3) is 0.897. The molecule has 11 nitrogen and oxygen atoms in total. The van der Waals surface area contributed by atoms with Gasteiger partial charge < -0.3 is 35.0 Å². The van der Waals surface area contributed by atoms with Gasteiger partial charge in [0.2, 0.25) is 0 Å². The fourth-order valence-corrected chi connectivity index (χ4v) is 13.6. The Hall–Kier alpha value is -1.60. The van der Waals surface area contributed by atoms with Crippen LogP contribution in [0.15, 0.2) is 12.2 Å². The normalized spacial score (nSPS) is 49.6. The van der Waals surface area contributed by atoms with Crippen LogP contribution in [-0.2, 0) is 23.9 Å². The Morgan fingerprint density at radius 2 is 1.56 bits per heavy atom. The molecule has 0 aromatic rings. The lowest BCUT2D eigenvalue weighted by Crippen LogP contribution is -2.67. The quantitative estimate of drug-likeness (QED) is 0.139. The van der Waals surface area contributed by atoms with Gasteiger partial charge in [0.25, 0.3) is 0 Å². The van der Waals surface area contributed by atoms with E-state index in [1.54, 1.807) is 0 Å². The fourth-order valence-electron chi connectivity index (χ4n) is 13.6. The average molecular weight is 706 g/mol. The van der Waals surface area contributed by atoms with Crippen LogP contribution >= 0.6 is 0 Å². The van der Waals surface area contributed by atoms with Crippen molar-refractivity contribution >= 4 is 11.9 Å². The van der Waals surface area contributed by atoms with Gasteiger partial charge in [-0.2, -0.15) is 0 Å². The smallest absolute Gasteiger partial charge is 0.323 e. The highest BCUT2D eigenvalue weighted by atomic mass is 16.7. The van der Waals surface area contributed by atoms with Crippen molar-refractivity contribution in [3.05, 3.63) is 12.2 Å². The number of hydrogen-bond acceptors (Lipinski definition) is 10. The van der Waals surface area contributed by atoms with Crippen LogP contribution in [0.1, 0.15) is 106 Å². The van der Waals surface area contributed by atoms with Gasteiger partial charge in [-0.25, -0.2) is 0 Å². The van der Waals surface area contributed by atoms with Gasteiger partial charge in [-0.15, -0.1) is 5.06 Å². The Balaban J connectivity index is 1.19. The van der Waals surface area contributed by atoms with Gasteiger partial charge >= 0.3 is 11.9 Å². The molecule has 5 saturated carbocycles. The summed E-state index contributed by atoms with van der Waals surface area (Å²) in [5.41, 5.74) is 0.327. The number of ether oxygens (including phenoxy) is 2. The van der Waals surface area contributed by atoms with E-state index in [4.69, 9.17) is 14.3 Å². The molecule has 0 aromatic heterocycles. The van der Waals surface area contributed by atoms with Crippen molar-refractivity contribution in [3.63, 3.8) is 0 Å². The van der Waals surface area contributed by atoms with Crippen molar-refractivity contribution in [1.29, 1.82) is 0 Å². The Kier molecular flexibility index (Phi) is 9.96. The number of hydrogen-bond donors (Lipinski definition) is 5. The van der Waals surface area contributed by atoms with E-state index >= 15 is 0 Å². The molecule has 5 N–H and O–H groups in total. The molecular formula is C39H63NO10. The number of carboxylic acids is 1. The Morgan fingerprint density at radius 3 is 2.18 bits per heavy atom. The summed E-state index contributed by atoms with van der Waals surface area (Å²) in [6, 6.07) is 0. The van der Waals surface area contributed by atoms with Crippen molar-refractivity contribution in [1.82, 2.24) is 5.06 Å². The first-order chi connectivity index (χ1) is 23.3. The zero-order valence-corrected chi connectivity index (χ0v) is 31.3. The van der Waals surface area contributed by atoms with Gasteiger partial charge in [0.1, 0.15) is 37.1 Å². The maximum atomic E-state index is 13.5. The van der Waals surface area contributed by atoms with Crippen molar-refractivity contribution in [2.45, 2.75) is 142 Å². The van der Waals surface area contributed by atoms with E-state index in [1.165, 1.54) is 7.11 Å². The zero-order chi connectivity index (χ0) is 36.8. The van der Waals surface area contributed by atoms with Crippen molar-refractivity contribution in [2.75, 3.05) is 20.3 Å². The first kappa shape index (κ1) is 38.1.